The zero-order valence-electron chi connectivity index (χ0n) is 6.38. The number of rotatable bonds is 1. The Morgan fingerprint density at radius 2 is 2.09 bits per heavy atom. The highest BCUT2D eigenvalue weighted by molar-refractivity contribution is 5.89. The van der Waals surface area contributed by atoms with Crippen molar-refractivity contribution in [3.05, 3.63) is 0 Å². The summed E-state index contributed by atoms with van der Waals surface area (Å²) in [6, 6.07) is -0.0457. The third-order valence-corrected chi connectivity index (χ3v) is 1.40. The lowest BCUT2D eigenvalue weighted by atomic mass is 10.3. The van der Waals surface area contributed by atoms with E-state index in [2.05, 4.69) is 9.98 Å². The van der Waals surface area contributed by atoms with Gasteiger partial charge in [0.05, 0.1) is 0 Å². The Kier molecular flexibility index (Phi) is 2.16. The Labute approximate surface area is 63.4 Å². The van der Waals surface area contributed by atoms with Crippen LogP contribution in [0.25, 0.3) is 0 Å². The maximum atomic E-state index is 12.7. The molecule has 1 rings (SSSR count). The molecule has 1 heterocycles. The highest BCUT2D eigenvalue weighted by Crippen LogP contribution is 2.07. The molecule has 0 amide bonds. The Morgan fingerprint density at radius 3 is 2.55 bits per heavy atom. The van der Waals surface area contributed by atoms with Gasteiger partial charge in [0.1, 0.15) is 6.67 Å². The van der Waals surface area contributed by atoms with E-state index in [-0.39, 0.29) is 12.7 Å². The number of halogens is 2. The summed E-state index contributed by atoms with van der Waals surface area (Å²) >= 11 is 0. The van der Waals surface area contributed by atoms with E-state index in [1.54, 1.807) is 13.8 Å². The van der Waals surface area contributed by atoms with Gasteiger partial charge >= 0.3 is 6.09 Å². The number of nitrogens with zero attached hydrogens (tertiary/aromatic N) is 3. The van der Waals surface area contributed by atoms with Crippen LogP contribution >= 0.6 is 0 Å². The van der Waals surface area contributed by atoms with Crippen molar-refractivity contribution in [1.29, 1.82) is 0 Å². The van der Waals surface area contributed by atoms with Gasteiger partial charge in [0, 0.05) is 6.04 Å². The number of hydrogen-bond donors (Lipinski definition) is 0. The minimum absolute atomic E-state index is 0.0127. The second-order valence-corrected chi connectivity index (χ2v) is 2.51. The van der Waals surface area contributed by atoms with Crippen molar-refractivity contribution in [2.24, 2.45) is 9.98 Å². The smallest absolute Gasteiger partial charge is 0.309 e. The first kappa shape index (κ1) is 8.10. The summed E-state index contributed by atoms with van der Waals surface area (Å²) in [5.74, 6) is 0. The minimum Gasteiger partial charge on any atom is -0.310 e. The standard InChI is InChI=1S/C6H9F2N3/c1-4(2)11-3-9-5(7)10-6(11)8/h4H,3H2,1-2H3. The molecule has 0 saturated heterocycles. The molecule has 0 aliphatic carbocycles. The van der Waals surface area contributed by atoms with Crippen LogP contribution < -0.4 is 0 Å². The van der Waals surface area contributed by atoms with Crippen molar-refractivity contribution in [1.82, 2.24) is 4.90 Å². The van der Waals surface area contributed by atoms with E-state index in [4.69, 9.17) is 0 Å². The van der Waals surface area contributed by atoms with Crippen molar-refractivity contribution in [2.45, 2.75) is 19.9 Å². The fourth-order valence-electron chi connectivity index (χ4n) is 0.745. The molecule has 11 heavy (non-hydrogen) atoms. The van der Waals surface area contributed by atoms with E-state index in [9.17, 15) is 8.78 Å². The van der Waals surface area contributed by atoms with E-state index < -0.39 is 12.2 Å². The largest absolute Gasteiger partial charge is 0.310 e. The number of aliphatic imine (C=N–C) groups is 2. The van der Waals surface area contributed by atoms with Crippen molar-refractivity contribution < 1.29 is 8.78 Å². The van der Waals surface area contributed by atoms with Gasteiger partial charge in [-0.05, 0) is 13.8 Å². The average molecular weight is 161 g/mol. The first-order valence-electron chi connectivity index (χ1n) is 3.32. The van der Waals surface area contributed by atoms with Gasteiger partial charge in [-0.25, -0.2) is 4.99 Å². The number of amidine groups is 2. The van der Waals surface area contributed by atoms with Crippen LogP contribution in [0.15, 0.2) is 9.98 Å². The maximum Gasteiger partial charge on any atom is 0.309 e. The molecular formula is C6H9F2N3. The minimum atomic E-state index is -0.987. The summed E-state index contributed by atoms with van der Waals surface area (Å²) in [7, 11) is 0. The Bertz CT molecular complexity index is 210. The third kappa shape index (κ3) is 1.72. The molecule has 1 aliphatic rings. The molecular weight excluding hydrogens is 152 g/mol. The summed E-state index contributed by atoms with van der Waals surface area (Å²) < 4.78 is 24.9. The van der Waals surface area contributed by atoms with Crippen LogP contribution in [0.3, 0.4) is 0 Å². The summed E-state index contributed by atoms with van der Waals surface area (Å²) in [6.07, 6.45) is -1.79. The van der Waals surface area contributed by atoms with Crippen LogP contribution in [-0.2, 0) is 0 Å². The van der Waals surface area contributed by atoms with E-state index in [1.165, 1.54) is 4.90 Å². The lowest BCUT2D eigenvalue weighted by molar-refractivity contribution is 0.320. The molecule has 0 aromatic heterocycles. The summed E-state index contributed by atoms with van der Waals surface area (Å²) in [6.45, 7) is 3.58. The van der Waals surface area contributed by atoms with E-state index in [0.29, 0.717) is 0 Å². The first-order chi connectivity index (χ1) is 5.11. The fourth-order valence-corrected chi connectivity index (χ4v) is 0.745. The monoisotopic (exact) mass is 161 g/mol. The van der Waals surface area contributed by atoms with Crippen molar-refractivity contribution in [3.8, 4) is 0 Å². The van der Waals surface area contributed by atoms with Gasteiger partial charge in [0.15, 0.2) is 0 Å². The zero-order chi connectivity index (χ0) is 8.43. The molecule has 0 atom stereocenters. The van der Waals surface area contributed by atoms with Gasteiger partial charge in [0.25, 0.3) is 6.09 Å². The molecule has 0 spiro atoms. The van der Waals surface area contributed by atoms with Crippen molar-refractivity contribution in [2.75, 3.05) is 6.67 Å². The topological polar surface area (TPSA) is 28.0 Å². The van der Waals surface area contributed by atoms with Gasteiger partial charge in [-0.2, -0.15) is 13.8 Å². The van der Waals surface area contributed by atoms with Crippen LogP contribution in [0.1, 0.15) is 13.8 Å². The third-order valence-electron chi connectivity index (χ3n) is 1.40. The van der Waals surface area contributed by atoms with Crippen LogP contribution in [0, 0.1) is 0 Å². The highest BCUT2D eigenvalue weighted by atomic mass is 19.1. The SMILES string of the molecule is CC(C)N1CN=C(F)N=C1F. The molecule has 0 saturated carbocycles. The highest BCUT2D eigenvalue weighted by Gasteiger charge is 2.18. The van der Waals surface area contributed by atoms with Gasteiger partial charge < -0.3 is 4.90 Å². The average Bonchev–Trinajstić information content (AvgIpc) is 1.85. The Hall–Kier alpha value is -1.00. The predicted octanol–water partition coefficient (Wildman–Crippen LogP) is 1.32. The Balaban J connectivity index is 2.72. The van der Waals surface area contributed by atoms with Crippen LogP contribution in [0.5, 0.6) is 0 Å². The normalized spacial score (nSPS) is 18.5. The van der Waals surface area contributed by atoms with Gasteiger partial charge in [-0.15, -0.1) is 0 Å². The Morgan fingerprint density at radius 1 is 1.45 bits per heavy atom. The van der Waals surface area contributed by atoms with Crippen LogP contribution in [0.4, 0.5) is 8.78 Å². The molecule has 0 radical (unpaired) electrons. The lowest BCUT2D eigenvalue weighted by Gasteiger charge is -2.24. The molecule has 5 heteroatoms. The van der Waals surface area contributed by atoms with E-state index in [0.717, 1.165) is 0 Å². The summed E-state index contributed by atoms with van der Waals surface area (Å²) in [5.41, 5.74) is 0. The predicted molar refractivity (Wildman–Crippen MR) is 38.9 cm³/mol. The van der Waals surface area contributed by atoms with E-state index >= 15 is 0 Å². The fraction of sp³-hybridized carbons (Fsp3) is 0.667. The van der Waals surface area contributed by atoms with Crippen LogP contribution in [-0.4, -0.2) is 29.8 Å². The van der Waals surface area contributed by atoms with Crippen LogP contribution in [0.2, 0.25) is 0 Å². The van der Waals surface area contributed by atoms with Crippen molar-refractivity contribution >= 4 is 12.2 Å². The van der Waals surface area contributed by atoms with Gasteiger partial charge in [-0.1, -0.05) is 0 Å². The molecule has 0 N–H and O–H groups in total. The molecule has 0 bridgehead atoms. The molecule has 0 aromatic rings. The van der Waals surface area contributed by atoms with E-state index in [1.807, 2.05) is 0 Å². The first-order valence-corrected chi connectivity index (χ1v) is 3.32. The van der Waals surface area contributed by atoms with Gasteiger partial charge in [-0.3, -0.25) is 0 Å². The number of hydrogen-bond acceptors (Lipinski definition) is 3. The zero-order valence-corrected chi connectivity index (χ0v) is 6.38. The molecule has 3 nitrogen and oxygen atoms in total. The molecule has 1 aliphatic heterocycles. The van der Waals surface area contributed by atoms with Crippen molar-refractivity contribution in [3.63, 3.8) is 0 Å². The molecule has 62 valence electrons. The summed E-state index contributed by atoms with van der Waals surface area (Å²) in [5, 5.41) is 0. The van der Waals surface area contributed by atoms with Gasteiger partial charge in [0.2, 0.25) is 0 Å². The lowest BCUT2D eigenvalue weighted by Crippen LogP contribution is -2.37. The summed E-state index contributed by atoms with van der Waals surface area (Å²) in [4.78, 5) is 7.54. The molecule has 0 aromatic carbocycles. The quantitative estimate of drug-likeness (QED) is 0.533. The molecule has 0 unspecified atom stereocenters. The molecule has 0 fully saturated rings. The second-order valence-electron chi connectivity index (χ2n) is 2.51. The maximum absolute atomic E-state index is 12.7. The second kappa shape index (κ2) is 2.94.